The Morgan fingerprint density at radius 2 is 1.91 bits per heavy atom. The van der Waals surface area contributed by atoms with Gasteiger partial charge in [0.25, 0.3) is 5.91 Å². The van der Waals surface area contributed by atoms with Gasteiger partial charge in [0, 0.05) is 23.4 Å². The predicted molar refractivity (Wildman–Crippen MR) is 130 cm³/mol. The molecule has 1 aliphatic rings. The number of carbonyl (C=O) groups is 1. The Morgan fingerprint density at radius 3 is 2.74 bits per heavy atom. The van der Waals surface area contributed by atoms with Gasteiger partial charge in [0.2, 0.25) is 11.7 Å². The van der Waals surface area contributed by atoms with Crippen LogP contribution in [0.1, 0.15) is 46.3 Å². The number of benzene rings is 2. The molecule has 0 saturated heterocycles. The van der Waals surface area contributed by atoms with Crippen LogP contribution in [0.5, 0.6) is 0 Å². The van der Waals surface area contributed by atoms with Gasteiger partial charge in [0.1, 0.15) is 11.3 Å². The maximum atomic E-state index is 13.0. The van der Waals surface area contributed by atoms with Crippen molar-refractivity contribution in [2.24, 2.45) is 0 Å². The Morgan fingerprint density at radius 1 is 1.11 bits per heavy atom. The zero-order chi connectivity index (χ0) is 24.0. The smallest absolute Gasteiger partial charge is 0.274 e. The van der Waals surface area contributed by atoms with Gasteiger partial charge in [0.15, 0.2) is 0 Å². The van der Waals surface area contributed by atoms with Crippen molar-refractivity contribution in [1.29, 1.82) is 0 Å². The van der Waals surface area contributed by atoms with Gasteiger partial charge in [0.05, 0.1) is 11.8 Å². The lowest BCUT2D eigenvalue weighted by molar-refractivity contribution is -0.0617. The number of aliphatic hydroxyl groups is 1. The van der Waals surface area contributed by atoms with Gasteiger partial charge < -0.3 is 14.9 Å². The molecule has 1 saturated carbocycles. The average molecular weight is 466 g/mol. The summed E-state index contributed by atoms with van der Waals surface area (Å²) in [5.74, 6) is 0.701. The number of amides is 1. The third kappa shape index (κ3) is 3.77. The number of pyridine rings is 1. The molecule has 8 heteroatoms. The number of aryl methyl sites for hydroxylation is 1. The van der Waals surface area contributed by atoms with Crippen LogP contribution in [0, 0.1) is 6.92 Å². The summed E-state index contributed by atoms with van der Waals surface area (Å²) in [6, 6.07) is 20.9. The highest BCUT2D eigenvalue weighted by Gasteiger charge is 2.47. The van der Waals surface area contributed by atoms with Gasteiger partial charge in [-0.25, -0.2) is 4.98 Å². The largest absolute Gasteiger partial charge is 0.385 e. The van der Waals surface area contributed by atoms with E-state index in [4.69, 9.17) is 4.52 Å². The summed E-state index contributed by atoms with van der Waals surface area (Å²) in [5, 5.41) is 18.0. The topological polar surface area (TPSA) is 106 Å². The number of aromatic nitrogens is 4. The van der Waals surface area contributed by atoms with Crippen molar-refractivity contribution in [1.82, 2.24) is 19.5 Å². The molecule has 35 heavy (non-hydrogen) atoms. The van der Waals surface area contributed by atoms with Crippen molar-refractivity contribution in [2.45, 2.75) is 31.3 Å². The average Bonchev–Trinajstić information content (AvgIpc) is 3.52. The molecule has 0 bridgehead atoms. The molecule has 0 spiro atoms. The Kier molecular flexibility index (Phi) is 4.96. The van der Waals surface area contributed by atoms with Crippen LogP contribution in [-0.2, 0) is 5.60 Å². The molecule has 0 unspecified atom stereocenters. The van der Waals surface area contributed by atoms with Crippen LogP contribution in [-0.4, -0.2) is 30.5 Å². The standard InChI is InChI=1S/C27H23N5O3/c1-17-10-11-18(13-21(17)29-25(33)22-16-28-23-9-5-6-12-32(22)23)24-30-26(35-31-24)19-14-27(34,15-19)20-7-3-2-4-8-20/h2-13,16,19,34H,14-15H2,1H3,(H,29,33). The number of hydrogen-bond acceptors (Lipinski definition) is 6. The summed E-state index contributed by atoms with van der Waals surface area (Å²) in [5.41, 5.74) is 3.50. The number of nitrogens with zero attached hydrogens (tertiary/aromatic N) is 4. The van der Waals surface area contributed by atoms with Crippen molar-refractivity contribution < 1.29 is 14.4 Å². The van der Waals surface area contributed by atoms with E-state index in [1.807, 2.05) is 73.7 Å². The first-order chi connectivity index (χ1) is 17.0. The van der Waals surface area contributed by atoms with Crippen LogP contribution in [0.25, 0.3) is 17.0 Å². The lowest BCUT2D eigenvalue weighted by Gasteiger charge is -2.42. The first-order valence-electron chi connectivity index (χ1n) is 11.5. The fourth-order valence-corrected chi connectivity index (χ4v) is 4.62. The fourth-order valence-electron chi connectivity index (χ4n) is 4.62. The number of nitrogens with one attached hydrogen (secondary N) is 1. The van der Waals surface area contributed by atoms with E-state index in [-0.39, 0.29) is 11.8 Å². The lowest BCUT2D eigenvalue weighted by Crippen LogP contribution is -2.39. The SMILES string of the molecule is Cc1ccc(-c2noc(C3CC(O)(c4ccccc4)C3)n2)cc1NC(=O)c1cnc2ccccn12. The summed E-state index contributed by atoms with van der Waals surface area (Å²) in [6.45, 7) is 1.92. The molecule has 174 valence electrons. The molecule has 5 aromatic rings. The van der Waals surface area contributed by atoms with Crippen LogP contribution < -0.4 is 5.32 Å². The second-order valence-electron chi connectivity index (χ2n) is 9.02. The van der Waals surface area contributed by atoms with Crippen molar-refractivity contribution in [3.05, 3.63) is 102 Å². The molecular weight excluding hydrogens is 442 g/mol. The van der Waals surface area contributed by atoms with E-state index < -0.39 is 5.60 Å². The Labute approximate surface area is 201 Å². The summed E-state index contributed by atoms with van der Waals surface area (Å²) < 4.78 is 7.28. The van der Waals surface area contributed by atoms with E-state index in [2.05, 4.69) is 20.4 Å². The van der Waals surface area contributed by atoms with Gasteiger partial charge >= 0.3 is 0 Å². The van der Waals surface area contributed by atoms with Crippen molar-refractivity contribution in [3.8, 4) is 11.4 Å². The molecule has 3 aromatic heterocycles. The minimum absolute atomic E-state index is 0.00113. The highest BCUT2D eigenvalue weighted by Crippen LogP contribution is 2.50. The quantitative estimate of drug-likeness (QED) is 0.389. The zero-order valence-electron chi connectivity index (χ0n) is 19.0. The number of rotatable bonds is 5. The summed E-state index contributed by atoms with van der Waals surface area (Å²) in [6.07, 6.45) is 4.44. The molecule has 1 amide bonds. The Balaban J connectivity index is 1.20. The molecule has 6 rings (SSSR count). The van der Waals surface area contributed by atoms with Gasteiger partial charge in [-0.1, -0.05) is 53.7 Å². The number of fused-ring (bicyclic) bond motifs is 1. The second kappa shape index (κ2) is 8.18. The van der Waals surface area contributed by atoms with E-state index in [1.54, 1.807) is 16.8 Å². The number of imidazole rings is 1. The maximum Gasteiger partial charge on any atom is 0.274 e. The van der Waals surface area contributed by atoms with Crippen molar-refractivity contribution in [3.63, 3.8) is 0 Å². The second-order valence-corrected chi connectivity index (χ2v) is 9.02. The van der Waals surface area contributed by atoms with Crippen LogP contribution in [0.15, 0.2) is 83.6 Å². The first kappa shape index (κ1) is 21.2. The van der Waals surface area contributed by atoms with Gasteiger partial charge in [-0.15, -0.1) is 0 Å². The molecule has 0 aliphatic heterocycles. The molecular formula is C27H23N5O3. The van der Waals surface area contributed by atoms with Gasteiger partial charge in [-0.2, -0.15) is 4.98 Å². The van der Waals surface area contributed by atoms with E-state index >= 15 is 0 Å². The fraction of sp³-hybridized carbons (Fsp3) is 0.185. The highest BCUT2D eigenvalue weighted by atomic mass is 16.5. The van der Waals surface area contributed by atoms with Crippen molar-refractivity contribution in [2.75, 3.05) is 5.32 Å². The lowest BCUT2D eigenvalue weighted by atomic mass is 9.67. The monoisotopic (exact) mass is 465 g/mol. The predicted octanol–water partition coefficient (Wildman–Crippen LogP) is 4.71. The molecule has 3 heterocycles. The molecule has 2 N–H and O–H groups in total. The van der Waals surface area contributed by atoms with E-state index in [1.165, 1.54) is 0 Å². The number of hydrogen-bond donors (Lipinski definition) is 2. The summed E-state index contributed by atoms with van der Waals surface area (Å²) in [7, 11) is 0. The summed E-state index contributed by atoms with van der Waals surface area (Å²) >= 11 is 0. The Hall–Kier alpha value is -4.30. The molecule has 8 nitrogen and oxygen atoms in total. The maximum absolute atomic E-state index is 13.0. The molecule has 0 atom stereocenters. The molecule has 1 fully saturated rings. The van der Waals surface area contributed by atoms with Crippen molar-refractivity contribution >= 4 is 17.2 Å². The number of anilines is 1. The van der Waals surface area contributed by atoms with E-state index in [0.29, 0.717) is 41.6 Å². The van der Waals surface area contributed by atoms with Gasteiger partial charge in [-0.3, -0.25) is 9.20 Å². The minimum atomic E-state index is -0.861. The zero-order valence-corrected chi connectivity index (χ0v) is 19.0. The number of carbonyl (C=O) groups excluding carboxylic acids is 1. The van der Waals surface area contributed by atoms with E-state index in [9.17, 15) is 9.90 Å². The third-order valence-corrected chi connectivity index (χ3v) is 6.66. The van der Waals surface area contributed by atoms with Crippen LogP contribution in [0.4, 0.5) is 5.69 Å². The highest BCUT2D eigenvalue weighted by molar-refractivity contribution is 6.04. The normalized spacial score (nSPS) is 19.4. The van der Waals surface area contributed by atoms with E-state index in [0.717, 1.165) is 16.7 Å². The molecule has 2 aromatic carbocycles. The van der Waals surface area contributed by atoms with Crippen LogP contribution in [0.3, 0.4) is 0 Å². The first-order valence-corrected chi connectivity index (χ1v) is 11.5. The molecule has 1 aliphatic carbocycles. The Bertz CT molecular complexity index is 1530. The summed E-state index contributed by atoms with van der Waals surface area (Å²) in [4.78, 5) is 21.8. The van der Waals surface area contributed by atoms with Crippen LogP contribution >= 0.6 is 0 Å². The minimum Gasteiger partial charge on any atom is -0.385 e. The van der Waals surface area contributed by atoms with Gasteiger partial charge in [-0.05, 0) is 49.1 Å². The van der Waals surface area contributed by atoms with Crippen LogP contribution in [0.2, 0.25) is 0 Å². The molecule has 0 radical (unpaired) electrons. The third-order valence-electron chi connectivity index (χ3n) is 6.66.